The maximum Gasteiger partial charge on any atom is -0.0242 e. The van der Waals surface area contributed by atoms with Crippen LogP contribution in [-0.2, 0) is 12.8 Å². The Kier molecular flexibility index (Phi) is 18.2. The monoisotopic (exact) mass is 543 g/mol. The number of hydrogen-bond donors (Lipinski definition) is 0. The summed E-state index contributed by atoms with van der Waals surface area (Å²) in [5, 5.41) is 0. The van der Waals surface area contributed by atoms with Crippen LogP contribution >= 0.6 is 0 Å². The van der Waals surface area contributed by atoms with Gasteiger partial charge >= 0.3 is 0 Å². The normalized spacial score (nSPS) is 19.3. The molecule has 230 valence electrons. The Hall–Kier alpha value is -0.780. The van der Waals surface area contributed by atoms with E-state index in [0.717, 1.165) is 35.5 Å². The van der Waals surface area contributed by atoms with Gasteiger partial charge in [-0.1, -0.05) is 166 Å². The summed E-state index contributed by atoms with van der Waals surface area (Å²) in [5.74, 6) is 5.39. The molecular weight excluding hydrogens is 468 g/mol. The molecule has 0 heterocycles. The van der Waals surface area contributed by atoms with Gasteiger partial charge in [-0.15, -0.1) is 0 Å². The van der Waals surface area contributed by atoms with Crippen molar-refractivity contribution in [1.82, 2.24) is 0 Å². The number of benzene rings is 1. The van der Waals surface area contributed by atoms with Gasteiger partial charge in [-0.05, 0) is 83.1 Å². The molecule has 1 aromatic rings. The first-order chi connectivity index (χ1) is 17.7. The summed E-state index contributed by atoms with van der Waals surface area (Å²) in [7, 11) is 0. The molecule has 2 saturated carbocycles. The average Bonchev–Trinajstić information content (AvgIpc) is 3.31. The Labute approximate surface area is 248 Å². The largest absolute Gasteiger partial charge is 0.0776 e. The fraction of sp³-hybridized carbons (Fsp3) is 0.846. The second-order valence-electron chi connectivity index (χ2n) is 15.7. The first kappa shape index (κ1) is 38.2. The Morgan fingerprint density at radius 3 is 1.31 bits per heavy atom. The minimum atomic E-state index is 0. The maximum absolute atomic E-state index is 2.46. The second-order valence-corrected chi connectivity index (χ2v) is 15.7. The molecule has 0 amide bonds. The molecule has 0 saturated heterocycles. The molecule has 0 aromatic heterocycles. The molecule has 0 atom stereocenters. The zero-order chi connectivity index (χ0) is 28.9. The van der Waals surface area contributed by atoms with Crippen LogP contribution in [0, 0.1) is 46.3 Å². The van der Waals surface area contributed by atoms with E-state index in [-0.39, 0.29) is 7.43 Å². The van der Waals surface area contributed by atoms with E-state index in [1.807, 2.05) is 0 Å². The maximum atomic E-state index is 2.46. The molecule has 4 rings (SSSR count). The molecule has 0 N–H and O–H groups in total. The minimum Gasteiger partial charge on any atom is -0.0776 e. The second kappa shape index (κ2) is 18.6. The third kappa shape index (κ3) is 14.6. The first-order valence-corrected chi connectivity index (χ1v) is 16.7. The number of rotatable bonds is 3. The van der Waals surface area contributed by atoms with Crippen molar-refractivity contribution in [3.63, 3.8) is 0 Å². The highest BCUT2D eigenvalue weighted by molar-refractivity contribution is 5.32. The van der Waals surface area contributed by atoms with Crippen LogP contribution in [-0.4, -0.2) is 0 Å². The molecular formula is C39H74. The standard InChI is InChI=1S/C12H16.C10H20.C9H18.C7H16.CH4/c1-9(2)12-7-10-5-3-4-6-11(10)8-12;1-9(2)10(3)7-5-4-6-8-10;1-8(2)9-6-4-3-5-7-9;1-6(2)7(3,4)5;/h3-6,9,12H,7-8H2,1-2H3;9H,4-8H2,1-3H3;8-9H,3-7H2,1-2H3;6H,1-5H3;1H4. The SMILES string of the molecule is C.CC(C)C(C)(C)C.CC(C)C1(C)CCCCC1.CC(C)C1CCCCC1.CC(C)C1Cc2ccccc2C1. The van der Waals surface area contributed by atoms with Crippen LogP contribution < -0.4 is 0 Å². The van der Waals surface area contributed by atoms with Crippen LogP contribution in [0.3, 0.4) is 0 Å². The van der Waals surface area contributed by atoms with Crippen molar-refractivity contribution >= 4 is 0 Å². The van der Waals surface area contributed by atoms with Gasteiger partial charge in [-0.2, -0.15) is 0 Å². The third-order valence-electron chi connectivity index (χ3n) is 10.7. The number of hydrogen-bond acceptors (Lipinski definition) is 0. The highest BCUT2D eigenvalue weighted by Crippen LogP contribution is 2.41. The van der Waals surface area contributed by atoms with Gasteiger partial charge in [0.1, 0.15) is 0 Å². The molecule has 3 aliphatic carbocycles. The summed E-state index contributed by atoms with van der Waals surface area (Å²) in [6, 6.07) is 8.86. The van der Waals surface area contributed by atoms with Crippen molar-refractivity contribution < 1.29 is 0 Å². The zero-order valence-electron chi connectivity index (χ0n) is 28.3. The molecule has 2 fully saturated rings. The lowest BCUT2D eigenvalue weighted by Gasteiger charge is -2.37. The highest BCUT2D eigenvalue weighted by Gasteiger charge is 2.29. The van der Waals surface area contributed by atoms with Gasteiger partial charge in [0.2, 0.25) is 0 Å². The lowest BCUT2D eigenvalue weighted by Crippen LogP contribution is -2.25. The van der Waals surface area contributed by atoms with E-state index >= 15 is 0 Å². The smallest absolute Gasteiger partial charge is 0.0242 e. The highest BCUT2D eigenvalue weighted by atomic mass is 14.3. The molecule has 0 nitrogen and oxygen atoms in total. The van der Waals surface area contributed by atoms with E-state index in [1.54, 1.807) is 11.1 Å². The van der Waals surface area contributed by atoms with Crippen molar-refractivity contribution in [1.29, 1.82) is 0 Å². The third-order valence-corrected chi connectivity index (χ3v) is 10.7. The molecule has 0 heteroatoms. The van der Waals surface area contributed by atoms with Crippen molar-refractivity contribution in [2.45, 2.75) is 168 Å². The minimum absolute atomic E-state index is 0. The van der Waals surface area contributed by atoms with Crippen LogP contribution in [0.15, 0.2) is 24.3 Å². The Bertz CT molecular complexity index is 692. The van der Waals surface area contributed by atoms with Crippen molar-refractivity contribution in [2.75, 3.05) is 0 Å². The van der Waals surface area contributed by atoms with Gasteiger partial charge in [0, 0.05) is 0 Å². The number of fused-ring (bicyclic) bond motifs is 1. The predicted octanol–water partition coefficient (Wildman–Crippen LogP) is 13.2. The summed E-state index contributed by atoms with van der Waals surface area (Å²) in [4.78, 5) is 0. The summed E-state index contributed by atoms with van der Waals surface area (Å²) in [6.07, 6.45) is 17.4. The lowest BCUT2D eigenvalue weighted by molar-refractivity contribution is 0.143. The molecule has 3 aliphatic rings. The first-order valence-electron chi connectivity index (χ1n) is 16.7. The van der Waals surface area contributed by atoms with Gasteiger partial charge < -0.3 is 0 Å². The Balaban J connectivity index is 0.000000499. The molecule has 1 aromatic carbocycles. The Morgan fingerprint density at radius 2 is 1.03 bits per heavy atom. The van der Waals surface area contributed by atoms with Gasteiger partial charge in [0.15, 0.2) is 0 Å². The molecule has 0 aliphatic heterocycles. The Morgan fingerprint density at radius 1 is 0.641 bits per heavy atom. The van der Waals surface area contributed by atoms with Gasteiger partial charge in [0.05, 0.1) is 0 Å². The predicted molar refractivity (Wildman–Crippen MR) is 181 cm³/mol. The fourth-order valence-corrected chi connectivity index (χ4v) is 5.80. The molecule has 0 radical (unpaired) electrons. The van der Waals surface area contributed by atoms with E-state index in [9.17, 15) is 0 Å². The van der Waals surface area contributed by atoms with E-state index in [4.69, 9.17) is 0 Å². The van der Waals surface area contributed by atoms with Crippen LogP contribution in [0.5, 0.6) is 0 Å². The van der Waals surface area contributed by atoms with Crippen molar-refractivity contribution in [3.8, 4) is 0 Å². The average molecular weight is 543 g/mol. The van der Waals surface area contributed by atoms with Crippen LogP contribution in [0.25, 0.3) is 0 Å². The molecule has 39 heavy (non-hydrogen) atoms. The summed E-state index contributed by atoms with van der Waals surface area (Å²) < 4.78 is 0. The van der Waals surface area contributed by atoms with Crippen LogP contribution in [0.1, 0.15) is 166 Å². The quantitative estimate of drug-likeness (QED) is 0.356. The van der Waals surface area contributed by atoms with Gasteiger partial charge in [-0.3, -0.25) is 0 Å². The fourth-order valence-electron chi connectivity index (χ4n) is 5.80. The zero-order valence-corrected chi connectivity index (χ0v) is 28.3. The van der Waals surface area contributed by atoms with Crippen LogP contribution in [0.2, 0.25) is 0 Å². The summed E-state index contributed by atoms with van der Waals surface area (Å²) >= 11 is 0. The molecule has 0 bridgehead atoms. The topological polar surface area (TPSA) is 0 Å². The van der Waals surface area contributed by atoms with E-state index < -0.39 is 0 Å². The van der Waals surface area contributed by atoms with Gasteiger partial charge in [0.25, 0.3) is 0 Å². The van der Waals surface area contributed by atoms with Crippen molar-refractivity contribution in [3.05, 3.63) is 35.4 Å². The van der Waals surface area contributed by atoms with E-state index in [2.05, 4.69) is 107 Å². The van der Waals surface area contributed by atoms with Crippen LogP contribution in [0.4, 0.5) is 0 Å². The summed E-state index contributed by atoms with van der Waals surface area (Å²) in [6.45, 7) is 27.8. The van der Waals surface area contributed by atoms with E-state index in [1.165, 1.54) is 77.0 Å². The molecule has 0 unspecified atom stereocenters. The van der Waals surface area contributed by atoms with Gasteiger partial charge in [-0.25, -0.2) is 0 Å². The molecule has 0 spiro atoms. The summed E-state index contributed by atoms with van der Waals surface area (Å²) in [5.41, 5.74) is 4.34. The lowest BCUT2D eigenvalue weighted by atomic mass is 9.69. The van der Waals surface area contributed by atoms with Crippen molar-refractivity contribution in [2.24, 2.45) is 46.3 Å². The van der Waals surface area contributed by atoms with E-state index in [0.29, 0.717) is 10.8 Å².